The standard InChI is InChI=1S/C12H17N5O2S/c1-7-8(2)16-17-11(14-7)15-10(18)12(9(13)20)3-5-19-6-4-12/h3-6H2,1-2H3,(H2,13,20)(H,14,15,17,18). The van der Waals surface area contributed by atoms with E-state index in [0.717, 1.165) is 5.69 Å². The van der Waals surface area contributed by atoms with E-state index in [2.05, 4.69) is 20.5 Å². The maximum absolute atomic E-state index is 12.5. The molecule has 2 rings (SSSR count). The molecule has 1 amide bonds. The highest BCUT2D eigenvalue weighted by atomic mass is 32.1. The van der Waals surface area contributed by atoms with Crippen LogP contribution in [0.5, 0.6) is 0 Å². The van der Waals surface area contributed by atoms with Crippen LogP contribution >= 0.6 is 12.2 Å². The highest BCUT2D eigenvalue weighted by Crippen LogP contribution is 2.32. The Hall–Kier alpha value is -1.67. The Bertz CT molecular complexity index is 543. The maximum Gasteiger partial charge on any atom is 0.249 e. The number of nitrogens with one attached hydrogen (secondary N) is 1. The minimum Gasteiger partial charge on any atom is -0.392 e. The van der Waals surface area contributed by atoms with Crippen LogP contribution in [-0.4, -0.2) is 39.3 Å². The predicted molar refractivity (Wildman–Crippen MR) is 77.2 cm³/mol. The number of aryl methyl sites for hydroxylation is 2. The molecule has 3 N–H and O–H groups in total. The first kappa shape index (κ1) is 14.7. The first-order valence-electron chi connectivity index (χ1n) is 6.33. The molecule has 0 radical (unpaired) electrons. The van der Waals surface area contributed by atoms with Crippen LogP contribution in [0.25, 0.3) is 0 Å². The van der Waals surface area contributed by atoms with Crippen molar-refractivity contribution in [2.75, 3.05) is 18.5 Å². The molecular weight excluding hydrogens is 278 g/mol. The summed E-state index contributed by atoms with van der Waals surface area (Å²) in [5, 5.41) is 10.4. The van der Waals surface area contributed by atoms with Gasteiger partial charge in [-0.1, -0.05) is 12.2 Å². The van der Waals surface area contributed by atoms with Crippen molar-refractivity contribution in [2.45, 2.75) is 26.7 Å². The van der Waals surface area contributed by atoms with Crippen LogP contribution in [0.2, 0.25) is 0 Å². The Morgan fingerprint density at radius 3 is 2.50 bits per heavy atom. The molecule has 108 valence electrons. The fourth-order valence-corrected chi connectivity index (χ4v) is 2.33. The van der Waals surface area contributed by atoms with Crippen LogP contribution < -0.4 is 11.1 Å². The van der Waals surface area contributed by atoms with Gasteiger partial charge in [0.15, 0.2) is 0 Å². The number of hydrogen-bond donors (Lipinski definition) is 2. The lowest BCUT2D eigenvalue weighted by Crippen LogP contribution is -2.49. The van der Waals surface area contributed by atoms with Crippen LogP contribution in [0.4, 0.5) is 5.95 Å². The largest absolute Gasteiger partial charge is 0.392 e. The van der Waals surface area contributed by atoms with E-state index < -0.39 is 5.41 Å². The molecule has 0 saturated carbocycles. The molecule has 1 fully saturated rings. The van der Waals surface area contributed by atoms with Gasteiger partial charge in [-0.25, -0.2) is 4.98 Å². The number of carbonyl (C=O) groups excluding carboxylic acids is 1. The summed E-state index contributed by atoms with van der Waals surface area (Å²) in [6.07, 6.45) is 0.929. The van der Waals surface area contributed by atoms with Crippen LogP contribution in [0, 0.1) is 19.3 Å². The van der Waals surface area contributed by atoms with E-state index in [1.54, 1.807) is 13.8 Å². The Morgan fingerprint density at radius 2 is 1.95 bits per heavy atom. The van der Waals surface area contributed by atoms with Crippen molar-refractivity contribution in [1.29, 1.82) is 0 Å². The van der Waals surface area contributed by atoms with Gasteiger partial charge >= 0.3 is 0 Å². The lowest BCUT2D eigenvalue weighted by atomic mass is 9.79. The highest BCUT2D eigenvalue weighted by molar-refractivity contribution is 7.80. The zero-order valence-electron chi connectivity index (χ0n) is 11.5. The van der Waals surface area contributed by atoms with Crippen LogP contribution in [0.1, 0.15) is 24.2 Å². The molecule has 0 bridgehead atoms. The number of nitrogens with zero attached hydrogens (tertiary/aromatic N) is 3. The fourth-order valence-electron chi connectivity index (χ4n) is 2.04. The molecule has 2 heterocycles. The highest BCUT2D eigenvalue weighted by Gasteiger charge is 2.43. The molecule has 7 nitrogen and oxygen atoms in total. The number of thiocarbonyl (C=S) groups is 1. The van der Waals surface area contributed by atoms with Crippen LogP contribution in [0.3, 0.4) is 0 Å². The molecule has 0 spiro atoms. The van der Waals surface area contributed by atoms with Gasteiger partial charge in [0, 0.05) is 13.2 Å². The summed E-state index contributed by atoms with van der Waals surface area (Å²) in [4.78, 5) is 16.8. The van der Waals surface area contributed by atoms with E-state index in [0.29, 0.717) is 31.7 Å². The predicted octanol–water partition coefficient (Wildman–Crippen LogP) is 0.510. The summed E-state index contributed by atoms with van der Waals surface area (Å²) in [7, 11) is 0. The maximum atomic E-state index is 12.5. The van der Waals surface area contributed by atoms with Gasteiger partial charge < -0.3 is 10.5 Å². The molecule has 0 atom stereocenters. The van der Waals surface area contributed by atoms with E-state index in [-0.39, 0.29) is 16.8 Å². The Balaban J connectivity index is 2.20. The first-order chi connectivity index (χ1) is 9.45. The molecule has 1 aliphatic heterocycles. The smallest absolute Gasteiger partial charge is 0.249 e. The average Bonchev–Trinajstić information content (AvgIpc) is 2.43. The second kappa shape index (κ2) is 5.76. The van der Waals surface area contributed by atoms with E-state index in [4.69, 9.17) is 22.7 Å². The van der Waals surface area contributed by atoms with Gasteiger partial charge in [-0.3, -0.25) is 10.1 Å². The van der Waals surface area contributed by atoms with Crippen molar-refractivity contribution >= 4 is 29.1 Å². The van der Waals surface area contributed by atoms with Gasteiger partial charge in [0.05, 0.1) is 16.4 Å². The number of carbonyl (C=O) groups is 1. The molecule has 8 heteroatoms. The van der Waals surface area contributed by atoms with E-state index in [9.17, 15) is 4.79 Å². The Kier molecular flexibility index (Phi) is 4.24. The molecule has 1 aromatic rings. The third-order valence-corrected chi connectivity index (χ3v) is 3.96. The molecule has 1 aliphatic rings. The molecule has 1 saturated heterocycles. The van der Waals surface area contributed by atoms with Gasteiger partial charge in [0.2, 0.25) is 11.9 Å². The van der Waals surface area contributed by atoms with Crippen LogP contribution in [0.15, 0.2) is 0 Å². The number of anilines is 1. The van der Waals surface area contributed by atoms with Crippen molar-refractivity contribution in [3.8, 4) is 0 Å². The summed E-state index contributed by atoms with van der Waals surface area (Å²) >= 11 is 5.07. The molecule has 1 aromatic heterocycles. The van der Waals surface area contributed by atoms with E-state index >= 15 is 0 Å². The number of amides is 1. The van der Waals surface area contributed by atoms with Crippen molar-refractivity contribution in [3.05, 3.63) is 11.4 Å². The average molecular weight is 295 g/mol. The second-order valence-electron chi connectivity index (χ2n) is 4.82. The molecule has 0 unspecified atom stereocenters. The van der Waals surface area contributed by atoms with Crippen molar-refractivity contribution in [3.63, 3.8) is 0 Å². The fraction of sp³-hybridized carbons (Fsp3) is 0.583. The summed E-state index contributed by atoms with van der Waals surface area (Å²) in [6, 6.07) is 0. The first-order valence-corrected chi connectivity index (χ1v) is 6.73. The summed E-state index contributed by atoms with van der Waals surface area (Å²) in [5.74, 6) is -0.126. The van der Waals surface area contributed by atoms with E-state index in [1.165, 1.54) is 0 Å². The summed E-state index contributed by atoms with van der Waals surface area (Å²) in [5.41, 5.74) is 6.31. The van der Waals surface area contributed by atoms with Gasteiger partial charge in [0.25, 0.3) is 0 Å². The summed E-state index contributed by atoms with van der Waals surface area (Å²) < 4.78 is 5.27. The zero-order valence-corrected chi connectivity index (χ0v) is 12.3. The number of hydrogen-bond acceptors (Lipinski definition) is 6. The monoisotopic (exact) mass is 295 g/mol. The minimum atomic E-state index is -0.893. The SMILES string of the molecule is Cc1nnc(NC(=O)C2(C(N)=S)CCOCC2)nc1C. The van der Waals surface area contributed by atoms with Crippen molar-refractivity contribution in [2.24, 2.45) is 11.1 Å². The number of nitrogens with two attached hydrogens (primary N) is 1. The normalized spacial score (nSPS) is 17.5. The third-order valence-electron chi connectivity index (χ3n) is 3.57. The lowest BCUT2D eigenvalue weighted by molar-refractivity contribution is -0.126. The van der Waals surface area contributed by atoms with Gasteiger partial charge in [-0.15, -0.1) is 5.10 Å². The second-order valence-corrected chi connectivity index (χ2v) is 5.26. The lowest BCUT2D eigenvalue weighted by Gasteiger charge is -2.34. The molecule has 0 aliphatic carbocycles. The van der Waals surface area contributed by atoms with Gasteiger partial charge in [0.1, 0.15) is 5.41 Å². The molecule has 0 aromatic carbocycles. The van der Waals surface area contributed by atoms with Crippen molar-refractivity contribution in [1.82, 2.24) is 15.2 Å². The Labute approximate surface area is 122 Å². The van der Waals surface area contributed by atoms with Gasteiger partial charge in [-0.05, 0) is 26.7 Å². The Morgan fingerprint density at radius 1 is 1.30 bits per heavy atom. The number of ether oxygens (including phenoxy) is 1. The topological polar surface area (TPSA) is 103 Å². The third kappa shape index (κ3) is 2.75. The zero-order chi connectivity index (χ0) is 14.8. The number of aromatic nitrogens is 3. The molecule has 20 heavy (non-hydrogen) atoms. The van der Waals surface area contributed by atoms with Crippen molar-refractivity contribution < 1.29 is 9.53 Å². The van der Waals surface area contributed by atoms with Crippen LogP contribution in [-0.2, 0) is 9.53 Å². The molecular formula is C12H17N5O2S. The summed E-state index contributed by atoms with van der Waals surface area (Å²) in [6.45, 7) is 4.51. The minimum absolute atomic E-state index is 0.167. The number of rotatable bonds is 3. The quantitative estimate of drug-likeness (QED) is 0.783. The van der Waals surface area contributed by atoms with Gasteiger partial charge in [-0.2, -0.15) is 5.10 Å². The van der Waals surface area contributed by atoms with E-state index in [1.807, 2.05) is 0 Å².